The van der Waals surface area contributed by atoms with Gasteiger partial charge in [-0.3, -0.25) is 4.79 Å². The van der Waals surface area contributed by atoms with Gasteiger partial charge in [0.25, 0.3) is 0 Å². The van der Waals surface area contributed by atoms with E-state index in [2.05, 4.69) is 20.4 Å². The first-order valence-corrected chi connectivity index (χ1v) is 10.1. The number of amides is 1. The number of fused-ring (bicyclic) bond motifs is 1. The van der Waals surface area contributed by atoms with Crippen LogP contribution in [0.4, 0.5) is 10.1 Å². The van der Waals surface area contributed by atoms with Crippen molar-refractivity contribution in [3.8, 4) is 11.4 Å². The van der Waals surface area contributed by atoms with Crippen molar-refractivity contribution in [1.82, 2.24) is 15.1 Å². The van der Waals surface area contributed by atoms with Gasteiger partial charge in [0.05, 0.1) is 0 Å². The van der Waals surface area contributed by atoms with Gasteiger partial charge in [0.2, 0.25) is 23.5 Å². The molecule has 4 rings (SSSR count). The van der Waals surface area contributed by atoms with E-state index >= 15 is 0 Å². The van der Waals surface area contributed by atoms with Crippen LogP contribution in [0.3, 0.4) is 0 Å². The topological polar surface area (TPSA) is 94.1 Å². The number of halogens is 1. The van der Waals surface area contributed by atoms with E-state index in [4.69, 9.17) is 8.94 Å². The molecule has 2 aromatic heterocycles. The summed E-state index contributed by atoms with van der Waals surface area (Å²) in [6.07, 6.45) is 1.33. The molecule has 31 heavy (non-hydrogen) atoms. The Bertz CT molecular complexity index is 1210. The largest absolute Gasteiger partial charge is 0.440 e. The van der Waals surface area contributed by atoms with Crippen LogP contribution in [0.25, 0.3) is 22.5 Å². The highest BCUT2D eigenvalue weighted by Crippen LogP contribution is 2.27. The first-order valence-electron chi connectivity index (χ1n) is 10.1. The second kappa shape index (κ2) is 8.29. The molecule has 4 aromatic rings. The molecule has 0 saturated carbocycles. The minimum Gasteiger partial charge on any atom is -0.440 e. The molecule has 0 aliphatic carbocycles. The average molecular weight is 422 g/mol. The van der Waals surface area contributed by atoms with Gasteiger partial charge in [0.15, 0.2) is 5.58 Å². The number of anilines is 1. The summed E-state index contributed by atoms with van der Waals surface area (Å²) in [5.41, 5.74) is 2.56. The van der Waals surface area contributed by atoms with Gasteiger partial charge in [-0.25, -0.2) is 9.37 Å². The van der Waals surface area contributed by atoms with Gasteiger partial charge in [-0.2, -0.15) is 4.98 Å². The lowest BCUT2D eigenvalue weighted by Gasteiger charge is -2.11. The highest BCUT2D eigenvalue weighted by molar-refractivity contribution is 5.92. The van der Waals surface area contributed by atoms with E-state index in [0.29, 0.717) is 59.2 Å². The third-order valence-electron chi connectivity index (χ3n) is 4.68. The van der Waals surface area contributed by atoms with Crippen molar-refractivity contribution < 1.29 is 18.1 Å². The summed E-state index contributed by atoms with van der Waals surface area (Å²) in [5.74, 6) is 1.05. The zero-order chi connectivity index (χ0) is 22.0. The molecule has 0 fully saturated rings. The van der Waals surface area contributed by atoms with Gasteiger partial charge in [-0.15, -0.1) is 0 Å². The first-order chi connectivity index (χ1) is 14.8. The van der Waals surface area contributed by atoms with Crippen molar-refractivity contribution in [2.24, 2.45) is 0 Å². The summed E-state index contributed by atoms with van der Waals surface area (Å²) in [7, 11) is 0. The van der Waals surface area contributed by atoms with E-state index in [1.165, 1.54) is 12.1 Å². The number of carbonyl (C=O) groups is 1. The molecule has 2 heterocycles. The van der Waals surface area contributed by atoms with Crippen molar-refractivity contribution in [3.05, 3.63) is 60.1 Å². The van der Waals surface area contributed by atoms with Crippen molar-refractivity contribution in [2.45, 2.75) is 45.4 Å². The van der Waals surface area contributed by atoms with Crippen LogP contribution < -0.4 is 5.32 Å². The number of nitrogens with zero attached hydrogens (tertiary/aromatic N) is 3. The number of oxazole rings is 1. The van der Waals surface area contributed by atoms with Crippen LogP contribution in [0, 0.1) is 5.82 Å². The van der Waals surface area contributed by atoms with Crippen molar-refractivity contribution in [1.29, 1.82) is 0 Å². The normalized spacial score (nSPS) is 11.7. The molecule has 0 atom stereocenters. The molecule has 0 unspecified atom stereocenters. The molecule has 2 aromatic carbocycles. The summed E-state index contributed by atoms with van der Waals surface area (Å²) in [6.45, 7) is 6.10. The van der Waals surface area contributed by atoms with Crippen molar-refractivity contribution in [2.75, 3.05) is 5.32 Å². The average Bonchev–Trinajstić information content (AvgIpc) is 3.35. The Morgan fingerprint density at radius 3 is 2.61 bits per heavy atom. The maximum Gasteiger partial charge on any atom is 0.226 e. The highest BCUT2D eigenvalue weighted by atomic mass is 19.1. The highest BCUT2D eigenvalue weighted by Gasteiger charge is 2.21. The number of rotatable bonds is 6. The Balaban J connectivity index is 1.31. The third-order valence-corrected chi connectivity index (χ3v) is 4.68. The summed E-state index contributed by atoms with van der Waals surface area (Å²) in [6, 6.07) is 11.3. The van der Waals surface area contributed by atoms with Crippen molar-refractivity contribution >= 4 is 22.7 Å². The minimum atomic E-state index is -0.323. The van der Waals surface area contributed by atoms with Gasteiger partial charge in [-0.05, 0) is 48.9 Å². The minimum absolute atomic E-state index is 0.114. The second-order valence-electron chi connectivity index (χ2n) is 8.37. The van der Waals surface area contributed by atoms with Crippen molar-refractivity contribution in [3.63, 3.8) is 0 Å². The number of hydrogen-bond acceptors (Lipinski definition) is 6. The molecule has 0 bridgehead atoms. The number of aryl methyl sites for hydroxylation is 1. The van der Waals surface area contributed by atoms with E-state index in [0.717, 1.165) is 0 Å². The molecule has 0 radical (unpaired) electrons. The Labute approximate surface area is 178 Å². The lowest BCUT2D eigenvalue weighted by atomic mass is 9.97. The molecular formula is C23H23FN4O3. The molecule has 1 N–H and O–H groups in total. The van der Waals surface area contributed by atoms with E-state index in [-0.39, 0.29) is 17.1 Å². The summed E-state index contributed by atoms with van der Waals surface area (Å²) in [4.78, 5) is 21.1. The van der Waals surface area contributed by atoms with E-state index < -0.39 is 0 Å². The zero-order valence-corrected chi connectivity index (χ0v) is 17.6. The number of aromatic nitrogens is 3. The number of hydrogen-bond donors (Lipinski definition) is 1. The fraction of sp³-hybridized carbons (Fsp3) is 0.304. The smallest absolute Gasteiger partial charge is 0.226 e. The lowest BCUT2D eigenvalue weighted by molar-refractivity contribution is -0.116. The van der Waals surface area contributed by atoms with Crippen LogP contribution in [0.2, 0.25) is 0 Å². The summed E-state index contributed by atoms with van der Waals surface area (Å²) < 4.78 is 24.0. The number of nitrogens with one attached hydrogen (secondary N) is 1. The molecule has 1 amide bonds. The maximum atomic E-state index is 13.0. The predicted molar refractivity (Wildman–Crippen MR) is 114 cm³/mol. The third kappa shape index (κ3) is 4.96. The second-order valence-corrected chi connectivity index (χ2v) is 8.37. The van der Waals surface area contributed by atoms with Crippen LogP contribution in [-0.4, -0.2) is 21.0 Å². The first kappa shape index (κ1) is 20.7. The molecular weight excluding hydrogens is 399 g/mol. The Kier molecular flexibility index (Phi) is 5.54. The molecule has 0 saturated heterocycles. The number of benzene rings is 2. The van der Waals surface area contributed by atoms with E-state index in [1.807, 2.05) is 26.8 Å². The van der Waals surface area contributed by atoms with Gasteiger partial charge in [0, 0.05) is 29.5 Å². The van der Waals surface area contributed by atoms with Gasteiger partial charge < -0.3 is 14.3 Å². The summed E-state index contributed by atoms with van der Waals surface area (Å²) >= 11 is 0. The van der Waals surface area contributed by atoms with E-state index in [9.17, 15) is 9.18 Å². The zero-order valence-electron chi connectivity index (χ0n) is 17.6. The molecule has 8 heteroatoms. The maximum absolute atomic E-state index is 13.0. The van der Waals surface area contributed by atoms with Gasteiger partial charge in [-0.1, -0.05) is 25.9 Å². The summed E-state index contributed by atoms with van der Waals surface area (Å²) in [5, 5.41) is 6.79. The number of carbonyl (C=O) groups excluding carboxylic acids is 1. The Morgan fingerprint density at radius 1 is 1.10 bits per heavy atom. The molecule has 0 spiro atoms. The van der Waals surface area contributed by atoms with E-state index in [1.54, 1.807) is 24.3 Å². The molecule has 160 valence electrons. The lowest BCUT2D eigenvalue weighted by Crippen LogP contribution is -2.11. The van der Waals surface area contributed by atoms with Gasteiger partial charge >= 0.3 is 0 Å². The molecule has 7 nitrogen and oxygen atoms in total. The van der Waals surface area contributed by atoms with Crippen LogP contribution >= 0.6 is 0 Å². The molecule has 0 aliphatic rings. The van der Waals surface area contributed by atoms with Crippen LogP contribution in [0.1, 0.15) is 45.4 Å². The quantitative estimate of drug-likeness (QED) is 0.455. The fourth-order valence-electron chi connectivity index (χ4n) is 3.02. The van der Waals surface area contributed by atoms with Crippen LogP contribution in [0.5, 0.6) is 0 Å². The SMILES string of the molecule is CC(C)(C)c1nc2cc(NC(=O)CCCc3nc(-c4ccc(F)cc4)no3)ccc2o1. The monoisotopic (exact) mass is 422 g/mol. The predicted octanol–water partition coefficient (Wildman–Crippen LogP) is 5.28. The van der Waals surface area contributed by atoms with Crippen LogP contribution in [-0.2, 0) is 16.6 Å². The Morgan fingerprint density at radius 2 is 1.87 bits per heavy atom. The molecule has 0 aliphatic heterocycles. The fourth-order valence-corrected chi connectivity index (χ4v) is 3.02. The Hall–Kier alpha value is -3.55. The standard InChI is InChI=1S/C23H23FN4O3/c1-23(2,3)22-26-17-13-16(11-12-18(17)30-22)25-19(29)5-4-6-20-27-21(28-31-20)14-7-9-15(24)10-8-14/h7-13H,4-6H2,1-3H3,(H,25,29). The van der Waals surface area contributed by atoms with Gasteiger partial charge in [0.1, 0.15) is 11.3 Å². The van der Waals surface area contributed by atoms with Crippen LogP contribution in [0.15, 0.2) is 51.4 Å².